The number of carboxylic acids is 1. The quantitative estimate of drug-likeness (QED) is 0.666. The lowest BCUT2D eigenvalue weighted by Crippen LogP contribution is -2.42. The molecule has 0 spiro atoms. The van der Waals surface area contributed by atoms with Crippen LogP contribution in [0.15, 0.2) is 0 Å². The second-order valence-corrected chi connectivity index (χ2v) is 5.13. The van der Waals surface area contributed by atoms with E-state index in [2.05, 4.69) is 10.6 Å². The van der Waals surface area contributed by atoms with Gasteiger partial charge in [-0.05, 0) is 32.7 Å². The lowest BCUT2D eigenvalue weighted by Gasteiger charge is -2.27. The average molecular weight is 256 g/mol. The van der Waals surface area contributed by atoms with Gasteiger partial charge in [-0.1, -0.05) is 13.3 Å². The molecule has 3 N–H and O–H groups in total. The van der Waals surface area contributed by atoms with Gasteiger partial charge in [0.25, 0.3) is 0 Å². The number of hydrogen-bond donors (Lipinski definition) is 3. The second-order valence-electron chi connectivity index (χ2n) is 5.13. The van der Waals surface area contributed by atoms with Crippen LogP contribution in [0.2, 0.25) is 0 Å². The summed E-state index contributed by atoms with van der Waals surface area (Å²) in [5.41, 5.74) is 0. The highest BCUT2D eigenvalue weighted by Crippen LogP contribution is 2.24. The Morgan fingerprint density at radius 2 is 2.11 bits per heavy atom. The molecule has 0 aliphatic heterocycles. The zero-order valence-electron chi connectivity index (χ0n) is 11.2. The maximum Gasteiger partial charge on any atom is 0.306 e. The van der Waals surface area contributed by atoms with Gasteiger partial charge in [0.05, 0.1) is 5.92 Å². The molecule has 5 heteroatoms. The summed E-state index contributed by atoms with van der Waals surface area (Å²) in [5, 5.41) is 15.1. The second kappa shape index (κ2) is 7.36. The maximum atomic E-state index is 11.8. The molecule has 1 aliphatic rings. The third-order valence-electron chi connectivity index (χ3n) is 3.43. The molecule has 1 saturated carbocycles. The first kappa shape index (κ1) is 15.0. The predicted molar refractivity (Wildman–Crippen MR) is 69.3 cm³/mol. The van der Waals surface area contributed by atoms with Crippen LogP contribution in [0.5, 0.6) is 0 Å². The summed E-state index contributed by atoms with van der Waals surface area (Å²) < 4.78 is 0. The highest BCUT2D eigenvalue weighted by molar-refractivity contribution is 5.77. The molecular weight excluding hydrogens is 232 g/mol. The molecule has 104 valence electrons. The van der Waals surface area contributed by atoms with Gasteiger partial charge >= 0.3 is 5.97 Å². The first-order valence-electron chi connectivity index (χ1n) is 6.78. The molecule has 18 heavy (non-hydrogen) atoms. The molecule has 1 fully saturated rings. The number of carbonyl (C=O) groups excluding carboxylic acids is 1. The number of rotatable bonds is 6. The van der Waals surface area contributed by atoms with Crippen LogP contribution in [0.4, 0.5) is 0 Å². The van der Waals surface area contributed by atoms with Gasteiger partial charge in [-0.15, -0.1) is 0 Å². The van der Waals surface area contributed by atoms with Gasteiger partial charge in [-0.3, -0.25) is 9.59 Å². The Morgan fingerprint density at radius 3 is 2.72 bits per heavy atom. The Bertz CT molecular complexity index is 294. The third-order valence-corrected chi connectivity index (χ3v) is 3.43. The van der Waals surface area contributed by atoms with E-state index in [1.54, 1.807) is 0 Å². The Kier molecular flexibility index (Phi) is 6.12. The fourth-order valence-corrected chi connectivity index (χ4v) is 2.53. The van der Waals surface area contributed by atoms with Crippen molar-refractivity contribution in [2.24, 2.45) is 5.92 Å². The van der Waals surface area contributed by atoms with Crippen molar-refractivity contribution < 1.29 is 14.7 Å². The van der Waals surface area contributed by atoms with E-state index in [4.69, 9.17) is 5.11 Å². The van der Waals surface area contributed by atoms with E-state index in [1.165, 1.54) is 0 Å². The minimum absolute atomic E-state index is 0.0134. The van der Waals surface area contributed by atoms with E-state index >= 15 is 0 Å². The van der Waals surface area contributed by atoms with Crippen LogP contribution in [-0.2, 0) is 9.59 Å². The Labute approximate surface area is 108 Å². The number of nitrogens with one attached hydrogen (secondary N) is 2. The van der Waals surface area contributed by atoms with Gasteiger partial charge in [0, 0.05) is 18.5 Å². The predicted octanol–water partition coefficient (Wildman–Crippen LogP) is 1.13. The molecule has 0 aromatic carbocycles. The van der Waals surface area contributed by atoms with Crippen molar-refractivity contribution in [2.75, 3.05) is 6.54 Å². The maximum absolute atomic E-state index is 11.8. The van der Waals surface area contributed by atoms with Gasteiger partial charge in [0.15, 0.2) is 0 Å². The molecule has 3 atom stereocenters. The Balaban J connectivity index is 2.33. The number of hydrogen-bond acceptors (Lipinski definition) is 3. The van der Waals surface area contributed by atoms with Crippen molar-refractivity contribution in [3.63, 3.8) is 0 Å². The monoisotopic (exact) mass is 256 g/mol. The van der Waals surface area contributed by atoms with Gasteiger partial charge in [0.2, 0.25) is 5.91 Å². The molecule has 0 saturated heterocycles. The minimum atomic E-state index is -0.741. The summed E-state index contributed by atoms with van der Waals surface area (Å²) >= 11 is 0. The zero-order chi connectivity index (χ0) is 13.5. The Morgan fingerprint density at radius 1 is 1.39 bits per heavy atom. The van der Waals surface area contributed by atoms with Crippen LogP contribution in [-0.4, -0.2) is 35.6 Å². The minimum Gasteiger partial charge on any atom is -0.481 e. The van der Waals surface area contributed by atoms with Crippen LogP contribution in [0.1, 0.15) is 46.0 Å². The van der Waals surface area contributed by atoms with Gasteiger partial charge < -0.3 is 15.7 Å². The first-order chi connectivity index (χ1) is 8.52. The van der Waals surface area contributed by atoms with Crippen molar-refractivity contribution in [1.29, 1.82) is 0 Å². The van der Waals surface area contributed by atoms with Crippen LogP contribution < -0.4 is 10.6 Å². The molecular formula is C13H24N2O3. The van der Waals surface area contributed by atoms with Crippen LogP contribution in [0.3, 0.4) is 0 Å². The molecule has 5 nitrogen and oxygen atoms in total. The molecule has 1 rings (SSSR count). The summed E-state index contributed by atoms with van der Waals surface area (Å²) in [4.78, 5) is 22.7. The molecule has 1 amide bonds. The number of aliphatic carboxylic acids is 1. The molecule has 0 radical (unpaired) electrons. The largest absolute Gasteiger partial charge is 0.481 e. The summed E-state index contributed by atoms with van der Waals surface area (Å²) in [5.74, 6) is -1.02. The fraction of sp³-hybridized carbons (Fsp3) is 0.846. The highest BCUT2D eigenvalue weighted by atomic mass is 16.4. The van der Waals surface area contributed by atoms with E-state index in [0.29, 0.717) is 12.8 Å². The summed E-state index contributed by atoms with van der Waals surface area (Å²) in [7, 11) is 0. The fourth-order valence-electron chi connectivity index (χ4n) is 2.53. The standard InChI is InChI=1S/C13H24N2O3/c1-3-14-9(2)7-12(16)15-11-6-4-5-10(8-11)13(17)18/h9-11,14H,3-8H2,1-2H3,(H,15,16)(H,17,18). The van der Waals surface area contributed by atoms with E-state index in [9.17, 15) is 9.59 Å². The third kappa shape index (κ3) is 5.04. The summed E-state index contributed by atoms with van der Waals surface area (Å²) in [6.07, 6.45) is 3.52. The molecule has 0 aromatic heterocycles. The normalized spacial score (nSPS) is 25.4. The Hall–Kier alpha value is -1.10. The number of amides is 1. The van der Waals surface area contributed by atoms with Gasteiger partial charge in [0.1, 0.15) is 0 Å². The smallest absolute Gasteiger partial charge is 0.306 e. The van der Waals surface area contributed by atoms with Crippen LogP contribution in [0.25, 0.3) is 0 Å². The van der Waals surface area contributed by atoms with E-state index in [1.807, 2.05) is 13.8 Å². The molecule has 0 aromatic rings. The van der Waals surface area contributed by atoms with E-state index < -0.39 is 5.97 Å². The molecule has 0 heterocycles. The van der Waals surface area contributed by atoms with Crippen molar-refractivity contribution in [3.05, 3.63) is 0 Å². The van der Waals surface area contributed by atoms with Crippen LogP contribution >= 0.6 is 0 Å². The molecule has 1 aliphatic carbocycles. The molecule has 3 unspecified atom stereocenters. The first-order valence-corrected chi connectivity index (χ1v) is 6.78. The van der Waals surface area contributed by atoms with Gasteiger partial charge in [-0.25, -0.2) is 0 Å². The van der Waals surface area contributed by atoms with E-state index in [0.717, 1.165) is 25.8 Å². The van der Waals surface area contributed by atoms with Crippen molar-refractivity contribution >= 4 is 11.9 Å². The summed E-state index contributed by atoms with van der Waals surface area (Å²) in [6.45, 7) is 4.83. The van der Waals surface area contributed by atoms with E-state index in [-0.39, 0.29) is 23.9 Å². The average Bonchev–Trinajstić information content (AvgIpc) is 2.29. The van der Waals surface area contributed by atoms with Gasteiger partial charge in [-0.2, -0.15) is 0 Å². The van der Waals surface area contributed by atoms with Crippen LogP contribution in [0, 0.1) is 5.92 Å². The summed E-state index contributed by atoms with van der Waals surface area (Å²) in [6, 6.07) is 0.190. The molecule has 0 bridgehead atoms. The number of carbonyl (C=O) groups is 2. The van der Waals surface area contributed by atoms with Crippen molar-refractivity contribution in [3.8, 4) is 0 Å². The van der Waals surface area contributed by atoms with Crippen molar-refractivity contribution in [1.82, 2.24) is 10.6 Å². The lowest BCUT2D eigenvalue weighted by atomic mass is 9.85. The SMILES string of the molecule is CCNC(C)CC(=O)NC1CCCC(C(=O)O)C1. The zero-order valence-corrected chi connectivity index (χ0v) is 11.2. The van der Waals surface area contributed by atoms with Crippen molar-refractivity contribution in [2.45, 2.75) is 58.0 Å². The topological polar surface area (TPSA) is 78.4 Å². The number of carboxylic acid groups (broad SMARTS) is 1. The highest BCUT2D eigenvalue weighted by Gasteiger charge is 2.27. The lowest BCUT2D eigenvalue weighted by molar-refractivity contribution is -0.143.